The summed E-state index contributed by atoms with van der Waals surface area (Å²) in [5.41, 5.74) is 5.81. The molecule has 1 aliphatic carbocycles. The molecule has 0 aromatic heterocycles. The third kappa shape index (κ3) is 3.42. The first kappa shape index (κ1) is 15.5. The van der Waals surface area contributed by atoms with Crippen LogP contribution in [0.1, 0.15) is 70.0 Å². The lowest BCUT2D eigenvalue weighted by Gasteiger charge is -2.36. The zero-order valence-corrected chi connectivity index (χ0v) is 13.4. The van der Waals surface area contributed by atoms with Crippen molar-refractivity contribution in [3.8, 4) is 0 Å². The van der Waals surface area contributed by atoms with Crippen molar-refractivity contribution in [3.63, 3.8) is 0 Å². The van der Waals surface area contributed by atoms with Crippen molar-refractivity contribution < 1.29 is 0 Å². The van der Waals surface area contributed by atoms with E-state index < -0.39 is 0 Å². The van der Waals surface area contributed by atoms with Gasteiger partial charge >= 0.3 is 0 Å². The van der Waals surface area contributed by atoms with Crippen LogP contribution in [0, 0.1) is 17.8 Å². The van der Waals surface area contributed by atoms with Gasteiger partial charge in [0.15, 0.2) is 0 Å². The van der Waals surface area contributed by atoms with E-state index in [1.54, 1.807) is 0 Å². The van der Waals surface area contributed by atoms with E-state index in [9.17, 15) is 0 Å². The van der Waals surface area contributed by atoms with E-state index in [4.69, 9.17) is 5.84 Å². The van der Waals surface area contributed by atoms with E-state index in [1.165, 1.54) is 30.4 Å². The molecule has 112 valence electrons. The molecule has 2 rings (SSSR count). The fourth-order valence-electron chi connectivity index (χ4n) is 3.48. The Hall–Kier alpha value is -0.860. The summed E-state index contributed by atoms with van der Waals surface area (Å²) in [6.07, 6.45) is 3.89. The highest BCUT2D eigenvalue weighted by atomic mass is 15.2. The van der Waals surface area contributed by atoms with Crippen LogP contribution in [0.2, 0.25) is 0 Å². The summed E-state index contributed by atoms with van der Waals surface area (Å²) < 4.78 is 0. The van der Waals surface area contributed by atoms with Gasteiger partial charge in [-0.3, -0.25) is 11.3 Å². The van der Waals surface area contributed by atoms with E-state index in [1.807, 2.05) is 0 Å². The van der Waals surface area contributed by atoms with Crippen molar-refractivity contribution in [2.45, 2.75) is 58.9 Å². The zero-order valence-electron chi connectivity index (χ0n) is 13.4. The van der Waals surface area contributed by atoms with Crippen molar-refractivity contribution in [2.24, 2.45) is 23.6 Å². The molecular formula is C18H30N2. The summed E-state index contributed by atoms with van der Waals surface area (Å²) >= 11 is 0. The predicted octanol–water partition coefficient (Wildman–Crippen LogP) is 4.39. The van der Waals surface area contributed by atoms with Crippen LogP contribution in [0.25, 0.3) is 0 Å². The molecule has 0 radical (unpaired) electrons. The molecular weight excluding hydrogens is 244 g/mol. The first-order valence-electron chi connectivity index (χ1n) is 8.09. The summed E-state index contributed by atoms with van der Waals surface area (Å²) in [5, 5.41) is 0. The first-order chi connectivity index (χ1) is 9.52. The van der Waals surface area contributed by atoms with Crippen LogP contribution in [-0.2, 0) is 0 Å². The largest absolute Gasteiger partial charge is 0.271 e. The molecule has 0 spiro atoms. The van der Waals surface area contributed by atoms with Crippen LogP contribution in [-0.4, -0.2) is 0 Å². The highest BCUT2D eigenvalue weighted by Gasteiger charge is 2.30. The number of nitrogens with one attached hydrogen (secondary N) is 1. The van der Waals surface area contributed by atoms with Gasteiger partial charge in [-0.25, -0.2) is 0 Å². The maximum Gasteiger partial charge on any atom is 0.0488 e. The molecule has 1 aromatic carbocycles. The zero-order chi connectivity index (χ0) is 14.7. The summed E-state index contributed by atoms with van der Waals surface area (Å²) in [4.78, 5) is 0. The quantitative estimate of drug-likeness (QED) is 0.631. The molecule has 0 aliphatic heterocycles. The lowest BCUT2D eigenvalue weighted by Crippen LogP contribution is -2.36. The number of benzene rings is 1. The van der Waals surface area contributed by atoms with Crippen LogP contribution in [0.15, 0.2) is 24.3 Å². The second-order valence-corrected chi connectivity index (χ2v) is 6.99. The van der Waals surface area contributed by atoms with E-state index in [2.05, 4.69) is 57.4 Å². The SMILES string of the molecule is CC(C)c1ccc(C(NN)C2CCC(C)C(C)C2)cc1. The second kappa shape index (κ2) is 6.73. The molecule has 2 heteroatoms. The van der Waals surface area contributed by atoms with Crippen LogP contribution < -0.4 is 11.3 Å². The third-order valence-electron chi connectivity index (χ3n) is 5.25. The molecule has 2 nitrogen and oxygen atoms in total. The van der Waals surface area contributed by atoms with Crippen molar-refractivity contribution in [1.82, 2.24) is 5.43 Å². The number of rotatable bonds is 4. The van der Waals surface area contributed by atoms with E-state index in [0.717, 1.165) is 11.8 Å². The lowest BCUT2D eigenvalue weighted by molar-refractivity contribution is 0.171. The fourth-order valence-corrected chi connectivity index (χ4v) is 3.48. The second-order valence-electron chi connectivity index (χ2n) is 6.99. The Morgan fingerprint density at radius 2 is 1.60 bits per heavy atom. The minimum atomic E-state index is 0.297. The Labute approximate surface area is 124 Å². The van der Waals surface area contributed by atoms with Crippen molar-refractivity contribution in [3.05, 3.63) is 35.4 Å². The average Bonchev–Trinajstić information content (AvgIpc) is 2.44. The molecule has 0 heterocycles. The number of hydrazine groups is 1. The molecule has 3 N–H and O–H groups in total. The molecule has 1 aromatic rings. The molecule has 1 fully saturated rings. The summed E-state index contributed by atoms with van der Waals surface area (Å²) in [5.74, 6) is 8.77. The molecule has 0 bridgehead atoms. The van der Waals surface area contributed by atoms with Gasteiger partial charge < -0.3 is 0 Å². The van der Waals surface area contributed by atoms with Crippen LogP contribution in [0.5, 0.6) is 0 Å². The molecule has 4 atom stereocenters. The first-order valence-corrected chi connectivity index (χ1v) is 8.09. The average molecular weight is 274 g/mol. The van der Waals surface area contributed by atoms with Crippen molar-refractivity contribution >= 4 is 0 Å². The van der Waals surface area contributed by atoms with E-state index in [0.29, 0.717) is 17.9 Å². The van der Waals surface area contributed by atoms with Gasteiger partial charge in [0.2, 0.25) is 0 Å². The minimum Gasteiger partial charge on any atom is -0.271 e. The van der Waals surface area contributed by atoms with E-state index >= 15 is 0 Å². The molecule has 20 heavy (non-hydrogen) atoms. The summed E-state index contributed by atoms with van der Waals surface area (Å²) in [6.45, 7) is 9.23. The van der Waals surface area contributed by atoms with E-state index in [-0.39, 0.29) is 0 Å². The highest BCUT2D eigenvalue weighted by Crippen LogP contribution is 2.39. The van der Waals surface area contributed by atoms with Gasteiger partial charge in [-0.1, -0.05) is 58.4 Å². The Morgan fingerprint density at radius 1 is 1.00 bits per heavy atom. The molecule has 1 saturated carbocycles. The third-order valence-corrected chi connectivity index (χ3v) is 5.25. The maximum atomic E-state index is 5.86. The van der Waals surface area contributed by atoms with Gasteiger partial charge in [0.1, 0.15) is 0 Å². The van der Waals surface area contributed by atoms with Crippen molar-refractivity contribution in [2.75, 3.05) is 0 Å². The fraction of sp³-hybridized carbons (Fsp3) is 0.667. The van der Waals surface area contributed by atoms with Crippen LogP contribution in [0.3, 0.4) is 0 Å². The lowest BCUT2D eigenvalue weighted by atomic mass is 9.72. The molecule has 0 saturated heterocycles. The van der Waals surface area contributed by atoms with Gasteiger partial charge in [0, 0.05) is 6.04 Å². The van der Waals surface area contributed by atoms with Crippen LogP contribution in [0.4, 0.5) is 0 Å². The Bertz CT molecular complexity index is 410. The summed E-state index contributed by atoms with van der Waals surface area (Å²) in [6, 6.07) is 9.30. The smallest absolute Gasteiger partial charge is 0.0488 e. The Morgan fingerprint density at radius 3 is 2.10 bits per heavy atom. The normalized spacial score (nSPS) is 28.6. The number of nitrogens with two attached hydrogens (primary N) is 1. The highest BCUT2D eigenvalue weighted by molar-refractivity contribution is 5.27. The minimum absolute atomic E-state index is 0.297. The maximum absolute atomic E-state index is 5.86. The van der Waals surface area contributed by atoms with Crippen molar-refractivity contribution in [1.29, 1.82) is 0 Å². The predicted molar refractivity (Wildman–Crippen MR) is 86.3 cm³/mol. The number of hydrogen-bond acceptors (Lipinski definition) is 2. The van der Waals surface area contributed by atoms with Gasteiger partial charge in [0.25, 0.3) is 0 Å². The molecule has 1 aliphatic rings. The van der Waals surface area contributed by atoms with Gasteiger partial charge in [0.05, 0.1) is 0 Å². The standard InChI is InChI=1S/C18H30N2/c1-12(2)15-7-9-16(10-8-15)18(20-19)17-6-5-13(3)14(4)11-17/h7-10,12-14,17-18,20H,5-6,11,19H2,1-4H3. The molecule has 4 unspecified atom stereocenters. The topological polar surface area (TPSA) is 38.0 Å². The Kier molecular flexibility index (Phi) is 5.22. The molecule has 0 amide bonds. The summed E-state index contributed by atoms with van der Waals surface area (Å²) in [7, 11) is 0. The van der Waals surface area contributed by atoms with Crippen LogP contribution >= 0.6 is 0 Å². The van der Waals surface area contributed by atoms with Gasteiger partial charge in [-0.15, -0.1) is 0 Å². The Balaban J connectivity index is 2.11. The van der Waals surface area contributed by atoms with Gasteiger partial charge in [-0.2, -0.15) is 0 Å². The number of hydrogen-bond donors (Lipinski definition) is 2. The monoisotopic (exact) mass is 274 g/mol. The van der Waals surface area contributed by atoms with Gasteiger partial charge in [-0.05, 0) is 47.6 Å².